The predicted octanol–water partition coefficient (Wildman–Crippen LogP) is 2.52. The van der Waals surface area contributed by atoms with Crippen molar-refractivity contribution in [3.63, 3.8) is 0 Å². The highest BCUT2D eigenvalue weighted by Gasteiger charge is 2.16. The van der Waals surface area contributed by atoms with Gasteiger partial charge in [0.2, 0.25) is 0 Å². The van der Waals surface area contributed by atoms with Crippen LogP contribution in [-0.2, 0) is 0 Å². The lowest BCUT2D eigenvalue weighted by atomic mass is 10.0. The number of nitrogens with zero attached hydrogens (tertiary/aromatic N) is 1. The van der Waals surface area contributed by atoms with Gasteiger partial charge in [-0.05, 0) is 51.9 Å². The van der Waals surface area contributed by atoms with Crippen molar-refractivity contribution in [3.8, 4) is 0 Å². The van der Waals surface area contributed by atoms with Crippen LogP contribution in [0.1, 0.15) is 17.2 Å². The zero-order chi connectivity index (χ0) is 13.1. The van der Waals surface area contributed by atoms with Crippen LogP contribution in [0, 0.1) is 15.2 Å². The molecule has 1 unspecified atom stereocenters. The molecule has 1 heterocycles. The summed E-state index contributed by atoms with van der Waals surface area (Å²) in [6.07, 6.45) is 2.64. The largest absolute Gasteiger partial charge is 0.271 e. The van der Waals surface area contributed by atoms with E-state index in [-0.39, 0.29) is 5.82 Å². The van der Waals surface area contributed by atoms with E-state index in [1.54, 1.807) is 6.07 Å². The molecule has 1 aromatic carbocycles. The summed E-state index contributed by atoms with van der Waals surface area (Å²) >= 11 is 2.01. The zero-order valence-electron chi connectivity index (χ0n) is 9.20. The van der Waals surface area contributed by atoms with E-state index in [2.05, 4.69) is 10.4 Å². The average molecular weight is 361 g/mol. The van der Waals surface area contributed by atoms with Crippen LogP contribution in [0.25, 0.3) is 0 Å². The van der Waals surface area contributed by atoms with Crippen LogP contribution < -0.4 is 11.3 Å². The van der Waals surface area contributed by atoms with Gasteiger partial charge in [-0.15, -0.1) is 0 Å². The first-order valence-corrected chi connectivity index (χ1v) is 6.21. The first-order valence-electron chi connectivity index (χ1n) is 5.13. The molecule has 2 rings (SSSR count). The van der Waals surface area contributed by atoms with Crippen LogP contribution >= 0.6 is 22.6 Å². The van der Waals surface area contributed by atoms with Gasteiger partial charge in [0.25, 0.3) is 0 Å². The first kappa shape index (κ1) is 13.3. The molecule has 6 heteroatoms. The minimum absolute atomic E-state index is 0.323. The maximum atomic E-state index is 13.2. The quantitative estimate of drug-likeness (QED) is 0.502. The summed E-state index contributed by atoms with van der Waals surface area (Å²) < 4.78 is 26.9. The molecule has 0 amide bonds. The number of benzene rings is 1. The van der Waals surface area contributed by atoms with Gasteiger partial charge in [0.05, 0.1) is 12.2 Å². The number of hydrogen-bond donors (Lipinski definition) is 2. The molecule has 0 bridgehead atoms. The molecule has 1 atom stereocenters. The highest BCUT2D eigenvalue weighted by atomic mass is 127. The van der Waals surface area contributed by atoms with Gasteiger partial charge in [0, 0.05) is 9.77 Å². The lowest BCUT2D eigenvalue weighted by molar-refractivity contribution is 0.593. The second-order valence-electron chi connectivity index (χ2n) is 3.70. The van der Waals surface area contributed by atoms with Crippen molar-refractivity contribution in [2.45, 2.75) is 6.04 Å². The fourth-order valence-corrected chi connectivity index (χ4v) is 2.48. The summed E-state index contributed by atoms with van der Waals surface area (Å²) in [5.41, 5.74) is 3.94. The molecule has 0 aliphatic carbocycles. The molecule has 0 fully saturated rings. The second-order valence-corrected chi connectivity index (χ2v) is 4.86. The zero-order valence-corrected chi connectivity index (χ0v) is 11.4. The van der Waals surface area contributed by atoms with Crippen LogP contribution in [0.5, 0.6) is 0 Å². The average Bonchev–Trinajstić information content (AvgIpc) is 2.33. The number of aromatic nitrogens is 1. The van der Waals surface area contributed by atoms with E-state index >= 15 is 0 Å². The third-order valence-electron chi connectivity index (χ3n) is 2.50. The molecule has 0 aliphatic rings. The van der Waals surface area contributed by atoms with Crippen LogP contribution in [-0.4, -0.2) is 4.98 Å². The van der Waals surface area contributed by atoms with E-state index in [0.717, 1.165) is 11.8 Å². The Balaban J connectivity index is 2.45. The van der Waals surface area contributed by atoms with E-state index < -0.39 is 11.9 Å². The monoisotopic (exact) mass is 361 g/mol. The summed E-state index contributed by atoms with van der Waals surface area (Å²) in [4.78, 5) is 3.78. The summed E-state index contributed by atoms with van der Waals surface area (Å²) in [6.45, 7) is 0. The van der Waals surface area contributed by atoms with E-state index in [0.29, 0.717) is 9.13 Å². The molecule has 3 N–H and O–H groups in total. The summed E-state index contributed by atoms with van der Waals surface area (Å²) in [6, 6.07) is 5.27. The highest BCUT2D eigenvalue weighted by Crippen LogP contribution is 2.26. The molecule has 0 saturated heterocycles. The molecule has 2 aromatic rings. The Morgan fingerprint density at radius 2 is 1.94 bits per heavy atom. The normalized spacial score (nSPS) is 12.4. The van der Waals surface area contributed by atoms with Gasteiger partial charge in [0.15, 0.2) is 0 Å². The molecular weight excluding hydrogens is 351 g/mol. The molecule has 0 radical (unpaired) electrons. The molecule has 94 valence electrons. The van der Waals surface area contributed by atoms with Crippen molar-refractivity contribution >= 4 is 22.6 Å². The molecule has 18 heavy (non-hydrogen) atoms. The molecule has 0 spiro atoms. The smallest absolute Gasteiger partial charge is 0.141 e. The Hall–Kier alpha value is -1.12. The number of hydrazine groups is 1. The van der Waals surface area contributed by atoms with Gasteiger partial charge in [-0.1, -0.05) is 6.07 Å². The number of rotatable bonds is 3. The number of pyridine rings is 1. The third-order valence-corrected chi connectivity index (χ3v) is 3.43. The van der Waals surface area contributed by atoms with E-state index in [4.69, 9.17) is 5.84 Å². The van der Waals surface area contributed by atoms with Crippen molar-refractivity contribution < 1.29 is 8.78 Å². The standard InChI is InChI=1S/C12H10F2IN3/c13-8-1-2-10(11(15)4-8)12(18-16)7-3-9(14)6-17-5-7/h1-6,12,18H,16H2. The third kappa shape index (κ3) is 2.82. The van der Waals surface area contributed by atoms with Gasteiger partial charge in [-0.25, -0.2) is 14.2 Å². The summed E-state index contributed by atoms with van der Waals surface area (Å²) in [5.74, 6) is 4.73. The van der Waals surface area contributed by atoms with Crippen LogP contribution in [0.4, 0.5) is 8.78 Å². The lowest BCUT2D eigenvalue weighted by Crippen LogP contribution is -2.29. The predicted molar refractivity (Wildman–Crippen MR) is 72.5 cm³/mol. The Morgan fingerprint density at radius 3 is 2.56 bits per heavy atom. The van der Waals surface area contributed by atoms with Crippen LogP contribution in [0.3, 0.4) is 0 Å². The maximum absolute atomic E-state index is 13.2. The molecular formula is C12H10F2IN3. The van der Waals surface area contributed by atoms with Gasteiger partial charge < -0.3 is 0 Å². The first-order chi connectivity index (χ1) is 8.61. The minimum Gasteiger partial charge on any atom is -0.271 e. The van der Waals surface area contributed by atoms with Gasteiger partial charge >= 0.3 is 0 Å². The van der Waals surface area contributed by atoms with Crippen LogP contribution in [0.2, 0.25) is 0 Å². The summed E-state index contributed by atoms with van der Waals surface area (Å²) in [7, 11) is 0. The Kier molecular flexibility index (Phi) is 4.20. The molecule has 3 nitrogen and oxygen atoms in total. The molecule has 1 aromatic heterocycles. The van der Waals surface area contributed by atoms with E-state index in [1.165, 1.54) is 24.4 Å². The van der Waals surface area contributed by atoms with Gasteiger partial charge in [-0.2, -0.15) is 0 Å². The molecule has 0 saturated carbocycles. The van der Waals surface area contributed by atoms with Crippen LogP contribution in [0.15, 0.2) is 36.7 Å². The Bertz CT molecular complexity index is 563. The van der Waals surface area contributed by atoms with E-state index in [1.807, 2.05) is 22.6 Å². The number of nitrogens with one attached hydrogen (secondary N) is 1. The van der Waals surface area contributed by atoms with Crippen molar-refractivity contribution in [3.05, 3.63) is 63.0 Å². The lowest BCUT2D eigenvalue weighted by Gasteiger charge is -2.18. The highest BCUT2D eigenvalue weighted by molar-refractivity contribution is 14.1. The minimum atomic E-state index is -0.440. The van der Waals surface area contributed by atoms with Crippen molar-refractivity contribution in [2.75, 3.05) is 0 Å². The second kappa shape index (κ2) is 5.68. The SMILES string of the molecule is NNC(c1cncc(F)c1)c1ccc(F)cc1I. The topological polar surface area (TPSA) is 50.9 Å². The molecule has 0 aliphatic heterocycles. The number of halogens is 3. The van der Waals surface area contributed by atoms with Crippen molar-refractivity contribution in [1.29, 1.82) is 0 Å². The van der Waals surface area contributed by atoms with Gasteiger partial charge in [0.1, 0.15) is 11.6 Å². The van der Waals surface area contributed by atoms with E-state index in [9.17, 15) is 8.78 Å². The fourth-order valence-electron chi connectivity index (χ4n) is 1.69. The van der Waals surface area contributed by atoms with Crippen molar-refractivity contribution in [2.24, 2.45) is 5.84 Å². The maximum Gasteiger partial charge on any atom is 0.141 e. The number of nitrogens with two attached hydrogens (primary N) is 1. The summed E-state index contributed by atoms with van der Waals surface area (Å²) in [5, 5.41) is 0. The number of hydrogen-bond acceptors (Lipinski definition) is 3. The van der Waals surface area contributed by atoms with Gasteiger partial charge in [-0.3, -0.25) is 10.8 Å². The fraction of sp³-hybridized carbons (Fsp3) is 0.0833. The Morgan fingerprint density at radius 1 is 1.17 bits per heavy atom. The Labute approximate surface area is 117 Å². The van der Waals surface area contributed by atoms with Crippen molar-refractivity contribution in [1.82, 2.24) is 10.4 Å².